The van der Waals surface area contributed by atoms with Crippen molar-refractivity contribution in [3.63, 3.8) is 0 Å². The first kappa shape index (κ1) is 27.5. The van der Waals surface area contributed by atoms with Gasteiger partial charge in [0.25, 0.3) is 8.32 Å². The van der Waals surface area contributed by atoms with Gasteiger partial charge < -0.3 is 14.3 Å². The molecule has 6 nitrogen and oxygen atoms in total. The van der Waals surface area contributed by atoms with Gasteiger partial charge in [-0.05, 0) is 42.6 Å². The van der Waals surface area contributed by atoms with Crippen molar-refractivity contribution >= 4 is 30.8 Å². The molecule has 0 aliphatic carbocycles. The Bertz CT molecular complexity index is 1060. The largest absolute Gasteiger partial charge is 0.480 e. The first-order chi connectivity index (χ1) is 16.8. The first-order valence-electron chi connectivity index (χ1n) is 12.3. The summed E-state index contributed by atoms with van der Waals surface area (Å²) in [6.07, 6.45) is 5.37. The molecule has 0 radical (unpaired) electrons. The molecule has 0 unspecified atom stereocenters. The lowest BCUT2D eigenvalue weighted by atomic mass is 10.0. The molecule has 1 fully saturated rings. The number of likely N-dealkylation sites (tertiary alicyclic amines) is 1. The van der Waals surface area contributed by atoms with E-state index in [0.717, 1.165) is 10.4 Å². The summed E-state index contributed by atoms with van der Waals surface area (Å²) in [7, 11) is -2.85. The van der Waals surface area contributed by atoms with E-state index in [4.69, 9.17) is 15.6 Å². The van der Waals surface area contributed by atoms with Gasteiger partial charge >= 0.3 is 12.1 Å². The van der Waals surface area contributed by atoms with Crippen molar-refractivity contribution in [1.82, 2.24) is 4.90 Å². The number of carbonyl (C=O) groups excluding carboxylic acids is 1. The number of rotatable bonds is 6. The molecule has 3 rings (SSSR count). The number of terminal acetylenes is 1. The molecule has 0 spiro atoms. The number of carbonyl (C=O) groups is 2. The van der Waals surface area contributed by atoms with Gasteiger partial charge in [-0.15, -0.1) is 6.42 Å². The van der Waals surface area contributed by atoms with Crippen LogP contribution in [0.4, 0.5) is 4.79 Å². The summed E-state index contributed by atoms with van der Waals surface area (Å²) >= 11 is 0. The third-order valence-corrected chi connectivity index (χ3v) is 11.6. The van der Waals surface area contributed by atoms with Gasteiger partial charge in [-0.25, -0.2) is 9.59 Å². The van der Waals surface area contributed by atoms with E-state index in [1.165, 1.54) is 4.90 Å². The number of nitrogens with zero attached hydrogens (tertiary/aromatic N) is 1. The number of hydrogen-bond acceptors (Lipinski definition) is 4. The van der Waals surface area contributed by atoms with Crippen LogP contribution in [0.2, 0.25) is 5.04 Å². The van der Waals surface area contributed by atoms with Crippen molar-refractivity contribution in [2.45, 2.75) is 70.7 Å². The minimum Gasteiger partial charge on any atom is -0.480 e. The van der Waals surface area contributed by atoms with E-state index < -0.39 is 38.1 Å². The molecule has 7 heteroatoms. The Hall–Kier alpha value is -3.08. The summed E-state index contributed by atoms with van der Waals surface area (Å²) in [4.78, 5) is 26.4. The molecular formula is C29H37NO5Si. The highest BCUT2D eigenvalue weighted by Gasteiger charge is 2.53. The van der Waals surface area contributed by atoms with Crippen LogP contribution in [-0.2, 0) is 14.0 Å². The van der Waals surface area contributed by atoms with E-state index in [-0.39, 0.29) is 24.0 Å². The molecule has 1 saturated heterocycles. The second kappa shape index (κ2) is 10.5. The van der Waals surface area contributed by atoms with Crippen molar-refractivity contribution in [3.8, 4) is 12.3 Å². The van der Waals surface area contributed by atoms with Crippen LogP contribution in [0.3, 0.4) is 0 Å². The third-order valence-electron chi connectivity index (χ3n) is 6.60. The topological polar surface area (TPSA) is 76.1 Å². The molecular weight excluding hydrogens is 470 g/mol. The second-order valence-electron chi connectivity index (χ2n) is 11.3. The molecule has 3 atom stereocenters. The van der Waals surface area contributed by atoms with Crippen molar-refractivity contribution in [1.29, 1.82) is 0 Å². The van der Waals surface area contributed by atoms with E-state index in [0.29, 0.717) is 0 Å². The smallest absolute Gasteiger partial charge is 0.412 e. The van der Waals surface area contributed by atoms with Crippen LogP contribution >= 0.6 is 0 Å². The molecule has 2 aromatic rings. The molecule has 1 heterocycles. The molecule has 1 aliphatic rings. The third kappa shape index (κ3) is 5.50. The van der Waals surface area contributed by atoms with Crippen LogP contribution in [0.5, 0.6) is 0 Å². The molecule has 1 aliphatic heterocycles. The Morgan fingerprint density at radius 2 is 1.50 bits per heavy atom. The summed E-state index contributed by atoms with van der Waals surface area (Å²) in [6.45, 7) is 12.0. The Morgan fingerprint density at radius 3 is 1.89 bits per heavy atom. The summed E-state index contributed by atoms with van der Waals surface area (Å²) in [5.74, 6) is 1.21. The average molecular weight is 508 g/mol. The maximum atomic E-state index is 13.0. The second-order valence-corrected chi connectivity index (χ2v) is 15.6. The molecule has 192 valence electrons. The molecule has 1 amide bonds. The summed E-state index contributed by atoms with van der Waals surface area (Å²) in [5, 5.41) is 11.9. The summed E-state index contributed by atoms with van der Waals surface area (Å²) in [5.41, 5.74) is -0.775. The van der Waals surface area contributed by atoms with Crippen molar-refractivity contribution < 1.29 is 23.9 Å². The molecule has 0 saturated carbocycles. The Labute approximate surface area is 215 Å². The van der Waals surface area contributed by atoms with Crippen molar-refractivity contribution in [2.75, 3.05) is 6.61 Å². The number of carboxylic acid groups (broad SMARTS) is 1. The van der Waals surface area contributed by atoms with Crippen LogP contribution < -0.4 is 10.4 Å². The fourth-order valence-electron chi connectivity index (χ4n) is 5.09. The average Bonchev–Trinajstić information content (AvgIpc) is 3.18. The van der Waals surface area contributed by atoms with Crippen LogP contribution in [0.15, 0.2) is 60.7 Å². The lowest BCUT2D eigenvalue weighted by Gasteiger charge is -2.43. The maximum absolute atomic E-state index is 13.0. The normalized spacial score (nSPS) is 20.6. The Morgan fingerprint density at radius 1 is 1.00 bits per heavy atom. The van der Waals surface area contributed by atoms with Crippen LogP contribution in [0.25, 0.3) is 0 Å². The predicted octanol–water partition coefficient (Wildman–Crippen LogP) is 4.28. The monoisotopic (exact) mass is 507 g/mol. The van der Waals surface area contributed by atoms with Gasteiger partial charge in [0.1, 0.15) is 17.7 Å². The zero-order valence-corrected chi connectivity index (χ0v) is 23.0. The maximum Gasteiger partial charge on any atom is 0.412 e. The standard InChI is InChI=1S/C29H37NO5Si/c1-8-24-21(19-25(26(31)32)30(24)27(33)35-28(2,3)4)20-34-36(29(5,6)7,22-15-11-9-12-16-22)23-17-13-10-14-18-23/h1,9-18,21,24-25H,19-20H2,2-7H3,(H,31,32)/t21-,24-,25+/m0/s1. The van der Waals surface area contributed by atoms with E-state index in [1.807, 2.05) is 36.4 Å². The number of amides is 1. The van der Waals surface area contributed by atoms with Gasteiger partial charge in [0, 0.05) is 12.5 Å². The Kier molecular flexibility index (Phi) is 8.02. The minimum absolute atomic E-state index is 0.196. The fraction of sp³-hybridized carbons (Fsp3) is 0.448. The zero-order valence-electron chi connectivity index (χ0n) is 22.0. The Balaban J connectivity index is 2.01. The highest BCUT2D eigenvalue weighted by atomic mass is 28.4. The molecule has 1 N–H and O–H groups in total. The highest BCUT2D eigenvalue weighted by molar-refractivity contribution is 6.99. The number of hydrogen-bond donors (Lipinski definition) is 1. The van der Waals surface area contributed by atoms with Gasteiger partial charge in [0.15, 0.2) is 0 Å². The van der Waals surface area contributed by atoms with Gasteiger partial charge in [-0.2, -0.15) is 0 Å². The van der Waals surface area contributed by atoms with Gasteiger partial charge in [0.2, 0.25) is 0 Å². The van der Waals surface area contributed by atoms with Crippen molar-refractivity contribution in [2.24, 2.45) is 5.92 Å². The molecule has 36 heavy (non-hydrogen) atoms. The van der Waals surface area contributed by atoms with E-state index >= 15 is 0 Å². The number of ether oxygens (including phenoxy) is 1. The lowest BCUT2D eigenvalue weighted by Crippen LogP contribution is -2.67. The van der Waals surface area contributed by atoms with Crippen molar-refractivity contribution in [3.05, 3.63) is 60.7 Å². The highest BCUT2D eigenvalue weighted by Crippen LogP contribution is 2.39. The van der Waals surface area contributed by atoms with Gasteiger partial charge in [0.05, 0.1) is 0 Å². The quantitative estimate of drug-likeness (QED) is 0.467. The van der Waals surface area contributed by atoms with Gasteiger partial charge in [-0.3, -0.25) is 4.90 Å². The summed E-state index contributed by atoms with van der Waals surface area (Å²) in [6, 6.07) is 18.6. The molecule has 0 aromatic heterocycles. The van der Waals surface area contributed by atoms with Crippen LogP contribution in [0, 0.1) is 18.3 Å². The molecule has 0 bridgehead atoms. The van der Waals surface area contributed by atoms with E-state index in [9.17, 15) is 14.7 Å². The first-order valence-corrected chi connectivity index (χ1v) is 14.2. The van der Waals surface area contributed by atoms with Crippen LogP contribution in [-0.4, -0.2) is 54.7 Å². The number of benzene rings is 2. The predicted molar refractivity (Wildman–Crippen MR) is 144 cm³/mol. The van der Waals surface area contributed by atoms with Gasteiger partial charge in [-0.1, -0.05) is 87.4 Å². The number of aliphatic carboxylic acids is 1. The van der Waals surface area contributed by atoms with Crippen LogP contribution in [0.1, 0.15) is 48.0 Å². The van der Waals surface area contributed by atoms with E-state index in [1.54, 1.807) is 20.8 Å². The molecule has 2 aromatic carbocycles. The summed E-state index contributed by atoms with van der Waals surface area (Å²) < 4.78 is 12.5. The zero-order chi connectivity index (χ0) is 26.7. The van der Waals surface area contributed by atoms with E-state index in [2.05, 4.69) is 51.0 Å². The lowest BCUT2D eigenvalue weighted by molar-refractivity contribution is -0.142. The SMILES string of the molecule is C#C[C@H]1[C@H](CO[Si](c2ccccc2)(c2ccccc2)C(C)(C)C)C[C@H](C(=O)O)N1C(=O)OC(C)(C)C. The number of carboxylic acids is 1. The minimum atomic E-state index is -2.85. The fourth-order valence-corrected chi connectivity index (χ4v) is 9.71.